The van der Waals surface area contributed by atoms with Gasteiger partial charge in [0, 0.05) is 13.1 Å². The topological polar surface area (TPSA) is 84.7 Å². The van der Waals surface area contributed by atoms with Crippen LogP contribution in [0, 0.1) is 0 Å². The van der Waals surface area contributed by atoms with Crippen LogP contribution in [-0.4, -0.2) is 39.5 Å². The number of benzene rings is 1. The van der Waals surface area contributed by atoms with Crippen molar-refractivity contribution in [3.8, 4) is 0 Å². The smallest absolute Gasteiger partial charge is 0.243 e. The molecule has 1 saturated heterocycles. The van der Waals surface area contributed by atoms with Gasteiger partial charge in [-0.15, -0.1) is 0 Å². The van der Waals surface area contributed by atoms with E-state index in [0.29, 0.717) is 12.2 Å². The molecule has 0 N–H and O–H groups in total. The Morgan fingerprint density at radius 3 is 2.56 bits per heavy atom. The fourth-order valence-electron chi connectivity index (χ4n) is 3.94. The Bertz CT molecular complexity index is 1030. The van der Waals surface area contributed by atoms with Crippen molar-refractivity contribution in [2.75, 3.05) is 13.1 Å². The number of furan rings is 1. The van der Waals surface area contributed by atoms with Crippen molar-refractivity contribution in [1.82, 2.24) is 4.31 Å². The van der Waals surface area contributed by atoms with Crippen LogP contribution in [-0.2, 0) is 38.5 Å². The average molecular weight is 410 g/mol. The van der Waals surface area contributed by atoms with E-state index >= 15 is 0 Å². The Hall–Kier alpha value is -1.64. The first-order valence-corrected chi connectivity index (χ1v) is 12.4. The van der Waals surface area contributed by atoms with Gasteiger partial charge in [-0.2, -0.15) is 4.31 Å². The summed E-state index contributed by atoms with van der Waals surface area (Å²) in [4.78, 5) is 0.271. The molecule has 1 aromatic heterocycles. The molecule has 2 aliphatic rings. The Balaban J connectivity index is 1.52. The Labute approximate surface area is 160 Å². The van der Waals surface area contributed by atoms with Crippen molar-refractivity contribution in [2.24, 2.45) is 0 Å². The second-order valence-corrected chi connectivity index (χ2v) is 11.5. The summed E-state index contributed by atoms with van der Waals surface area (Å²) in [6.07, 6.45) is 5.86. The van der Waals surface area contributed by atoms with Crippen LogP contribution in [0.25, 0.3) is 0 Å². The van der Waals surface area contributed by atoms with E-state index in [9.17, 15) is 16.8 Å². The summed E-state index contributed by atoms with van der Waals surface area (Å²) in [7, 11) is -7.15. The van der Waals surface area contributed by atoms with E-state index in [2.05, 4.69) is 0 Å². The molecule has 1 aliphatic heterocycles. The second kappa shape index (κ2) is 7.07. The zero-order chi connectivity index (χ0) is 19.1. The normalized spacial score (nSPS) is 21.3. The van der Waals surface area contributed by atoms with Crippen molar-refractivity contribution in [2.45, 2.75) is 48.0 Å². The zero-order valence-electron chi connectivity index (χ0n) is 15.0. The number of rotatable bonds is 5. The summed E-state index contributed by atoms with van der Waals surface area (Å²) in [5.41, 5.74) is 2.32. The number of nitrogens with zero attached hydrogens (tertiary/aromatic N) is 1. The molecule has 4 rings (SSSR count). The molecule has 1 aromatic carbocycles. The summed E-state index contributed by atoms with van der Waals surface area (Å²) in [6.45, 7) is 0.226. The highest BCUT2D eigenvalue weighted by Gasteiger charge is 2.39. The molecule has 0 radical (unpaired) electrons. The van der Waals surface area contributed by atoms with Crippen LogP contribution in [0.15, 0.2) is 45.9 Å². The fourth-order valence-corrected chi connectivity index (χ4v) is 7.25. The molecule has 1 unspecified atom stereocenters. The highest BCUT2D eigenvalue weighted by molar-refractivity contribution is 7.91. The van der Waals surface area contributed by atoms with Gasteiger partial charge in [-0.25, -0.2) is 16.8 Å². The van der Waals surface area contributed by atoms with E-state index in [1.165, 1.54) is 16.1 Å². The number of sulfone groups is 1. The van der Waals surface area contributed by atoms with E-state index in [1.54, 1.807) is 24.3 Å². The van der Waals surface area contributed by atoms with E-state index in [0.717, 1.165) is 31.2 Å². The first kappa shape index (κ1) is 18.7. The third-order valence-electron chi connectivity index (χ3n) is 5.50. The Kier molecular flexibility index (Phi) is 4.90. The molecule has 0 spiro atoms. The lowest BCUT2D eigenvalue weighted by atomic mass is 9.92. The minimum atomic E-state index is -3.68. The minimum absolute atomic E-state index is 0.00244. The van der Waals surface area contributed by atoms with Crippen molar-refractivity contribution >= 4 is 19.9 Å². The predicted octanol–water partition coefficient (Wildman–Crippen LogP) is 2.54. The van der Waals surface area contributed by atoms with Gasteiger partial charge in [-0.3, -0.25) is 0 Å². The van der Waals surface area contributed by atoms with Gasteiger partial charge in [0.25, 0.3) is 0 Å². The summed E-state index contributed by atoms with van der Waals surface area (Å²) in [6, 6.07) is 8.60. The van der Waals surface area contributed by atoms with Crippen molar-refractivity contribution in [3.63, 3.8) is 0 Å². The third kappa shape index (κ3) is 3.70. The predicted molar refractivity (Wildman–Crippen MR) is 102 cm³/mol. The molecule has 2 heterocycles. The maximum Gasteiger partial charge on any atom is 0.243 e. The van der Waals surface area contributed by atoms with Crippen LogP contribution in [0.1, 0.15) is 36.1 Å². The first-order valence-electron chi connectivity index (χ1n) is 9.22. The summed E-state index contributed by atoms with van der Waals surface area (Å²) < 4.78 is 57.7. The van der Waals surface area contributed by atoms with E-state index in [-0.39, 0.29) is 23.7 Å². The van der Waals surface area contributed by atoms with Crippen LogP contribution < -0.4 is 0 Å². The Morgan fingerprint density at radius 1 is 1.04 bits per heavy atom. The van der Waals surface area contributed by atoms with Crippen LogP contribution in [0.4, 0.5) is 0 Å². The van der Waals surface area contributed by atoms with Crippen LogP contribution in [0.5, 0.6) is 0 Å². The molecule has 146 valence electrons. The number of aryl methyl sites for hydroxylation is 2. The molecule has 1 atom stereocenters. The standard InChI is InChI=1S/C19H23NO5S2/c21-26(22,14-17-6-3-11-25-17)19-9-10-20(13-19)27(23,24)18-8-7-15-4-1-2-5-16(15)12-18/h3,6-8,11-12,19H,1-2,4-5,9-10,13-14H2. The van der Waals surface area contributed by atoms with Gasteiger partial charge < -0.3 is 4.42 Å². The van der Waals surface area contributed by atoms with Gasteiger partial charge in [0.1, 0.15) is 11.5 Å². The van der Waals surface area contributed by atoms with Gasteiger partial charge >= 0.3 is 0 Å². The quantitative estimate of drug-likeness (QED) is 0.758. The first-order chi connectivity index (χ1) is 12.9. The fraction of sp³-hybridized carbons (Fsp3) is 0.474. The van der Waals surface area contributed by atoms with Crippen molar-refractivity contribution < 1.29 is 21.3 Å². The van der Waals surface area contributed by atoms with E-state index in [4.69, 9.17) is 4.42 Å². The molecule has 6 nitrogen and oxygen atoms in total. The largest absolute Gasteiger partial charge is 0.468 e. The van der Waals surface area contributed by atoms with Crippen molar-refractivity contribution in [3.05, 3.63) is 53.5 Å². The lowest BCUT2D eigenvalue weighted by molar-refractivity contribution is 0.476. The lowest BCUT2D eigenvalue weighted by Crippen LogP contribution is -2.32. The second-order valence-electron chi connectivity index (χ2n) is 7.30. The zero-order valence-corrected chi connectivity index (χ0v) is 16.6. The van der Waals surface area contributed by atoms with Gasteiger partial charge in [0.15, 0.2) is 9.84 Å². The highest BCUT2D eigenvalue weighted by atomic mass is 32.2. The molecule has 8 heteroatoms. The van der Waals surface area contributed by atoms with Gasteiger partial charge in [0.05, 0.1) is 16.4 Å². The highest BCUT2D eigenvalue weighted by Crippen LogP contribution is 2.29. The summed E-state index contributed by atoms with van der Waals surface area (Å²) in [5, 5.41) is -0.699. The molecule has 1 aliphatic carbocycles. The van der Waals surface area contributed by atoms with Gasteiger partial charge in [-0.1, -0.05) is 6.07 Å². The molecular weight excluding hydrogens is 386 g/mol. The SMILES string of the molecule is O=S(=O)(Cc1ccco1)C1CCN(S(=O)(=O)c2ccc3c(c2)CCCC3)C1. The Morgan fingerprint density at radius 2 is 1.81 bits per heavy atom. The summed E-state index contributed by atoms with van der Waals surface area (Å²) in [5.74, 6) is 0.184. The average Bonchev–Trinajstić information content (AvgIpc) is 3.33. The molecule has 0 saturated carbocycles. The van der Waals surface area contributed by atoms with Crippen LogP contribution in [0.3, 0.4) is 0 Å². The summed E-state index contributed by atoms with van der Waals surface area (Å²) >= 11 is 0. The minimum Gasteiger partial charge on any atom is -0.468 e. The molecular formula is C19H23NO5S2. The maximum absolute atomic E-state index is 13.0. The molecule has 1 fully saturated rings. The van der Waals surface area contributed by atoms with E-state index < -0.39 is 25.1 Å². The van der Waals surface area contributed by atoms with Crippen molar-refractivity contribution in [1.29, 1.82) is 0 Å². The molecule has 2 aromatic rings. The lowest BCUT2D eigenvalue weighted by Gasteiger charge is -2.20. The van der Waals surface area contributed by atoms with E-state index in [1.807, 2.05) is 6.07 Å². The maximum atomic E-state index is 13.0. The molecule has 27 heavy (non-hydrogen) atoms. The van der Waals surface area contributed by atoms with Crippen LogP contribution in [0.2, 0.25) is 0 Å². The molecule has 0 amide bonds. The number of fused-ring (bicyclic) bond motifs is 1. The van der Waals surface area contributed by atoms with Crippen LogP contribution >= 0.6 is 0 Å². The van der Waals surface area contributed by atoms with Gasteiger partial charge in [0.2, 0.25) is 10.0 Å². The number of sulfonamides is 1. The molecule has 0 bridgehead atoms. The third-order valence-corrected chi connectivity index (χ3v) is 9.45. The van der Waals surface area contributed by atoms with Gasteiger partial charge in [-0.05, 0) is 67.5 Å². The number of hydrogen-bond donors (Lipinski definition) is 0. The monoisotopic (exact) mass is 409 g/mol. The number of hydrogen-bond acceptors (Lipinski definition) is 5.